The average Bonchev–Trinajstić information content (AvgIpc) is 2.82. The van der Waals surface area contributed by atoms with Gasteiger partial charge >= 0.3 is 7.12 Å². The van der Waals surface area contributed by atoms with E-state index in [0.717, 1.165) is 25.0 Å². The molecule has 2 rings (SSSR count). The standard InChI is InChI=1S/C14H26BN3O2/c1-13(2)14(3,4)20-15(19-13)12-10-16-18(11-12)9-7-8-17(5)6/h10-11H,7-9H2,1-6H3. The van der Waals surface area contributed by atoms with Gasteiger partial charge in [0.15, 0.2) is 0 Å². The van der Waals surface area contributed by atoms with Crippen molar-refractivity contribution in [3.05, 3.63) is 12.4 Å². The number of rotatable bonds is 5. The van der Waals surface area contributed by atoms with E-state index in [0.29, 0.717) is 0 Å². The first-order valence-electron chi connectivity index (χ1n) is 7.24. The summed E-state index contributed by atoms with van der Waals surface area (Å²) in [5, 5.41) is 4.39. The second-order valence-electron chi connectivity index (χ2n) is 6.78. The summed E-state index contributed by atoms with van der Waals surface area (Å²) < 4.78 is 14.0. The molecular weight excluding hydrogens is 253 g/mol. The van der Waals surface area contributed by atoms with Gasteiger partial charge in [-0.2, -0.15) is 5.10 Å². The van der Waals surface area contributed by atoms with Crippen molar-refractivity contribution < 1.29 is 9.31 Å². The molecule has 1 saturated heterocycles. The minimum absolute atomic E-state index is 0.301. The molecule has 0 aromatic carbocycles. The van der Waals surface area contributed by atoms with Crippen LogP contribution in [0.4, 0.5) is 0 Å². The van der Waals surface area contributed by atoms with Gasteiger partial charge < -0.3 is 14.2 Å². The van der Waals surface area contributed by atoms with Crippen LogP contribution in [-0.4, -0.2) is 53.6 Å². The molecular formula is C14H26BN3O2. The number of nitrogens with zero attached hydrogens (tertiary/aromatic N) is 3. The van der Waals surface area contributed by atoms with Gasteiger partial charge in [-0.3, -0.25) is 4.68 Å². The lowest BCUT2D eigenvalue weighted by Crippen LogP contribution is -2.41. The van der Waals surface area contributed by atoms with E-state index < -0.39 is 0 Å². The molecule has 1 fully saturated rings. The van der Waals surface area contributed by atoms with Gasteiger partial charge in [0.25, 0.3) is 0 Å². The predicted molar refractivity (Wildman–Crippen MR) is 81.1 cm³/mol. The largest absolute Gasteiger partial charge is 0.498 e. The number of hydrogen-bond acceptors (Lipinski definition) is 4. The Morgan fingerprint density at radius 3 is 2.35 bits per heavy atom. The van der Waals surface area contributed by atoms with Crippen molar-refractivity contribution in [2.75, 3.05) is 20.6 Å². The summed E-state index contributed by atoms with van der Waals surface area (Å²) in [4.78, 5) is 2.18. The Balaban J connectivity index is 1.97. The monoisotopic (exact) mass is 279 g/mol. The van der Waals surface area contributed by atoms with Gasteiger partial charge in [-0.15, -0.1) is 0 Å². The van der Waals surface area contributed by atoms with E-state index >= 15 is 0 Å². The van der Waals surface area contributed by atoms with Crippen LogP contribution in [0.25, 0.3) is 0 Å². The summed E-state index contributed by atoms with van der Waals surface area (Å²) in [7, 11) is 3.85. The van der Waals surface area contributed by atoms with Crippen LogP contribution in [0.2, 0.25) is 0 Å². The SMILES string of the molecule is CN(C)CCCn1cc(B2OC(C)(C)C(C)(C)O2)cn1. The molecule has 0 spiro atoms. The van der Waals surface area contributed by atoms with Crippen molar-refractivity contribution in [3.8, 4) is 0 Å². The van der Waals surface area contributed by atoms with Gasteiger partial charge in [-0.25, -0.2) is 0 Å². The maximum atomic E-state index is 6.02. The molecule has 0 amide bonds. The van der Waals surface area contributed by atoms with Crippen LogP contribution in [0, 0.1) is 0 Å². The van der Waals surface area contributed by atoms with Gasteiger partial charge in [0.2, 0.25) is 0 Å². The van der Waals surface area contributed by atoms with Crippen LogP contribution in [-0.2, 0) is 15.9 Å². The fourth-order valence-corrected chi connectivity index (χ4v) is 2.15. The average molecular weight is 279 g/mol. The molecule has 5 nitrogen and oxygen atoms in total. The highest BCUT2D eigenvalue weighted by molar-refractivity contribution is 6.61. The maximum absolute atomic E-state index is 6.02. The zero-order chi connectivity index (χ0) is 15.0. The molecule has 20 heavy (non-hydrogen) atoms. The van der Waals surface area contributed by atoms with E-state index in [1.807, 2.05) is 17.1 Å². The van der Waals surface area contributed by atoms with Gasteiger partial charge in [0, 0.05) is 24.4 Å². The van der Waals surface area contributed by atoms with Gasteiger partial charge in [-0.1, -0.05) is 0 Å². The Labute approximate surface area is 122 Å². The first-order valence-corrected chi connectivity index (χ1v) is 7.24. The van der Waals surface area contributed by atoms with Crippen LogP contribution in [0.1, 0.15) is 34.1 Å². The Kier molecular flexibility index (Phi) is 4.28. The number of aromatic nitrogens is 2. The summed E-state index contributed by atoms with van der Waals surface area (Å²) >= 11 is 0. The Bertz CT molecular complexity index is 441. The van der Waals surface area contributed by atoms with Gasteiger partial charge in [0.1, 0.15) is 0 Å². The summed E-state index contributed by atoms with van der Waals surface area (Å²) in [5.41, 5.74) is 0.392. The zero-order valence-electron chi connectivity index (χ0n) is 13.5. The molecule has 0 atom stereocenters. The second kappa shape index (κ2) is 5.50. The van der Waals surface area contributed by atoms with E-state index in [1.165, 1.54) is 0 Å². The Morgan fingerprint density at radius 1 is 1.20 bits per heavy atom. The van der Waals surface area contributed by atoms with Crippen molar-refractivity contribution in [1.82, 2.24) is 14.7 Å². The molecule has 1 aliphatic heterocycles. The van der Waals surface area contributed by atoms with Crippen molar-refractivity contribution in [2.24, 2.45) is 0 Å². The molecule has 0 saturated carbocycles. The molecule has 0 unspecified atom stereocenters. The van der Waals surface area contributed by atoms with E-state index in [1.54, 1.807) is 0 Å². The third-order valence-electron chi connectivity index (χ3n) is 4.17. The number of hydrogen-bond donors (Lipinski definition) is 0. The van der Waals surface area contributed by atoms with Crippen LogP contribution < -0.4 is 5.46 Å². The fourth-order valence-electron chi connectivity index (χ4n) is 2.15. The van der Waals surface area contributed by atoms with E-state index in [9.17, 15) is 0 Å². The van der Waals surface area contributed by atoms with Crippen LogP contribution >= 0.6 is 0 Å². The summed E-state index contributed by atoms with van der Waals surface area (Å²) in [5.74, 6) is 0. The summed E-state index contributed by atoms with van der Waals surface area (Å²) in [6, 6.07) is 0. The van der Waals surface area contributed by atoms with E-state index in [-0.39, 0.29) is 18.3 Å². The molecule has 1 aliphatic rings. The molecule has 6 heteroatoms. The van der Waals surface area contributed by atoms with Crippen LogP contribution in [0.5, 0.6) is 0 Å². The number of aryl methyl sites for hydroxylation is 1. The third-order valence-corrected chi connectivity index (χ3v) is 4.17. The fraction of sp³-hybridized carbons (Fsp3) is 0.786. The van der Waals surface area contributed by atoms with Crippen molar-refractivity contribution in [1.29, 1.82) is 0 Å². The molecule has 1 aromatic rings. The van der Waals surface area contributed by atoms with E-state index in [4.69, 9.17) is 9.31 Å². The van der Waals surface area contributed by atoms with Crippen LogP contribution in [0.3, 0.4) is 0 Å². The second-order valence-corrected chi connectivity index (χ2v) is 6.78. The minimum atomic E-state index is -0.317. The normalized spacial score (nSPS) is 20.9. The smallest absolute Gasteiger partial charge is 0.399 e. The van der Waals surface area contributed by atoms with Crippen molar-refractivity contribution >= 4 is 12.6 Å². The lowest BCUT2D eigenvalue weighted by molar-refractivity contribution is 0.00578. The van der Waals surface area contributed by atoms with Gasteiger partial charge in [0.05, 0.1) is 11.2 Å². The molecule has 0 radical (unpaired) electrons. The lowest BCUT2D eigenvalue weighted by atomic mass is 9.82. The molecule has 0 bridgehead atoms. The predicted octanol–water partition coefficient (Wildman–Crippen LogP) is 1.13. The molecule has 0 aliphatic carbocycles. The highest BCUT2D eigenvalue weighted by Gasteiger charge is 2.52. The molecule has 1 aromatic heterocycles. The molecule has 0 N–H and O–H groups in total. The topological polar surface area (TPSA) is 39.5 Å². The Hall–Kier alpha value is -0.845. The third kappa shape index (κ3) is 3.24. The molecule has 2 heterocycles. The molecule has 112 valence electrons. The highest BCUT2D eigenvalue weighted by Crippen LogP contribution is 2.36. The Morgan fingerprint density at radius 2 is 1.80 bits per heavy atom. The minimum Gasteiger partial charge on any atom is -0.399 e. The highest BCUT2D eigenvalue weighted by atomic mass is 16.7. The summed E-state index contributed by atoms with van der Waals surface area (Å²) in [6.07, 6.45) is 4.95. The zero-order valence-corrected chi connectivity index (χ0v) is 13.5. The quantitative estimate of drug-likeness (QED) is 0.758. The van der Waals surface area contributed by atoms with Crippen LogP contribution in [0.15, 0.2) is 12.4 Å². The first kappa shape index (κ1) is 15.5. The lowest BCUT2D eigenvalue weighted by Gasteiger charge is -2.32. The van der Waals surface area contributed by atoms with E-state index in [2.05, 4.69) is 51.8 Å². The summed E-state index contributed by atoms with van der Waals surface area (Å²) in [6.45, 7) is 10.2. The van der Waals surface area contributed by atoms with Crippen molar-refractivity contribution in [2.45, 2.75) is 51.9 Å². The first-order chi connectivity index (χ1) is 9.21. The maximum Gasteiger partial charge on any atom is 0.498 e. The van der Waals surface area contributed by atoms with Gasteiger partial charge in [-0.05, 0) is 54.8 Å². The van der Waals surface area contributed by atoms with Crippen molar-refractivity contribution in [3.63, 3.8) is 0 Å².